The van der Waals surface area contributed by atoms with Crippen LogP contribution in [-0.2, 0) is 0 Å². The Kier molecular flexibility index (Phi) is 4.56. The second-order valence-electron chi connectivity index (χ2n) is 3.99. The third-order valence-corrected chi connectivity index (χ3v) is 3.71. The highest BCUT2D eigenvalue weighted by Gasteiger charge is 2.18. The Labute approximate surface area is 122 Å². The minimum absolute atomic E-state index is 0.366. The van der Waals surface area contributed by atoms with Crippen LogP contribution in [-0.4, -0.2) is 14.2 Å². The molecule has 0 amide bonds. The lowest BCUT2D eigenvalue weighted by Gasteiger charge is -2.16. The van der Waals surface area contributed by atoms with Crippen LogP contribution in [0.4, 0.5) is 0 Å². The van der Waals surface area contributed by atoms with Gasteiger partial charge < -0.3 is 9.47 Å². The van der Waals surface area contributed by atoms with E-state index in [0.717, 1.165) is 16.9 Å². The second kappa shape index (κ2) is 6.18. The number of hydrogen-bond donors (Lipinski definition) is 0. The first kappa shape index (κ1) is 14.0. The Hall–Kier alpha value is -1.38. The van der Waals surface area contributed by atoms with E-state index in [-0.39, 0.29) is 5.38 Å². The van der Waals surface area contributed by atoms with Gasteiger partial charge in [0.25, 0.3) is 0 Å². The van der Waals surface area contributed by atoms with Gasteiger partial charge in [-0.1, -0.05) is 29.8 Å². The molecule has 2 nitrogen and oxygen atoms in total. The number of rotatable bonds is 4. The molecule has 2 aromatic rings. The summed E-state index contributed by atoms with van der Waals surface area (Å²) in [6.45, 7) is 0. The van der Waals surface area contributed by atoms with E-state index in [1.807, 2.05) is 42.5 Å². The summed E-state index contributed by atoms with van der Waals surface area (Å²) in [5.74, 6) is 1.41. The fraction of sp³-hybridized carbons (Fsp3) is 0.200. The summed E-state index contributed by atoms with van der Waals surface area (Å²) < 4.78 is 10.5. The lowest BCUT2D eigenvalue weighted by Crippen LogP contribution is -1.99. The van der Waals surface area contributed by atoms with E-state index in [0.29, 0.717) is 10.8 Å². The maximum absolute atomic E-state index is 6.51. The van der Waals surface area contributed by atoms with Crippen LogP contribution in [0, 0.1) is 0 Å². The van der Waals surface area contributed by atoms with Crippen molar-refractivity contribution < 1.29 is 9.47 Å². The lowest BCUT2D eigenvalue weighted by atomic mass is 10.0. The van der Waals surface area contributed by atoms with Crippen LogP contribution in [0.15, 0.2) is 42.5 Å². The van der Waals surface area contributed by atoms with Crippen LogP contribution in [0.25, 0.3) is 0 Å². The van der Waals surface area contributed by atoms with E-state index in [4.69, 9.17) is 32.7 Å². The number of methoxy groups -OCH3 is 2. The predicted molar refractivity (Wildman–Crippen MR) is 78.7 cm³/mol. The average Bonchev–Trinajstić information content (AvgIpc) is 2.46. The maximum atomic E-state index is 6.51. The number of ether oxygens (including phenoxy) is 2. The molecule has 0 aliphatic carbocycles. The predicted octanol–water partition coefficient (Wildman–Crippen LogP) is 4.69. The molecule has 4 heteroatoms. The Morgan fingerprint density at radius 1 is 0.947 bits per heavy atom. The smallest absolute Gasteiger partial charge is 0.127 e. The van der Waals surface area contributed by atoms with Crippen molar-refractivity contribution in [1.82, 2.24) is 0 Å². The van der Waals surface area contributed by atoms with E-state index in [1.165, 1.54) is 0 Å². The summed E-state index contributed by atoms with van der Waals surface area (Å²) in [5, 5.41) is 0.273. The van der Waals surface area contributed by atoms with Crippen molar-refractivity contribution in [3.05, 3.63) is 58.6 Å². The highest BCUT2D eigenvalue weighted by atomic mass is 35.5. The van der Waals surface area contributed by atoms with Gasteiger partial charge in [0.05, 0.1) is 19.6 Å². The number of benzene rings is 2. The lowest BCUT2D eigenvalue weighted by molar-refractivity contribution is 0.391. The topological polar surface area (TPSA) is 18.5 Å². The van der Waals surface area contributed by atoms with Crippen LogP contribution in [0.5, 0.6) is 11.5 Å². The summed E-state index contributed by atoms with van der Waals surface area (Å²) in [6, 6.07) is 13.1. The van der Waals surface area contributed by atoms with E-state index in [1.54, 1.807) is 14.2 Å². The largest absolute Gasteiger partial charge is 0.497 e. The van der Waals surface area contributed by atoms with Gasteiger partial charge in [0.1, 0.15) is 11.5 Å². The van der Waals surface area contributed by atoms with E-state index in [9.17, 15) is 0 Å². The quantitative estimate of drug-likeness (QED) is 0.762. The highest BCUT2D eigenvalue weighted by Crippen LogP contribution is 2.39. The van der Waals surface area contributed by atoms with Crippen LogP contribution >= 0.6 is 23.2 Å². The normalized spacial score (nSPS) is 12.0. The molecule has 0 aromatic heterocycles. The van der Waals surface area contributed by atoms with Gasteiger partial charge in [0, 0.05) is 16.7 Å². The maximum Gasteiger partial charge on any atom is 0.127 e. The molecule has 2 rings (SSSR count). The number of alkyl halides is 1. The van der Waals surface area contributed by atoms with E-state index in [2.05, 4.69) is 0 Å². The molecule has 1 atom stereocenters. The Balaban J connectivity index is 2.44. The second-order valence-corrected chi connectivity index (χ2v) is 4.84. The summed E-state index contributed by atoms with van der Waals surface area (Å²) in [6.07, 6.45) is 0. The molecule has 1 unspecified atom stereocenters. The van der Waals surface area contributed by atoms with Crippen molar-refractivity contribution in [3.8, 4) is 11.5 Å². The van der Waals surface area contributed by atoms with Gasteiger partial charge >= 0.3 is 0 Å². The molecule has 0 heterocycles. The zero-order valence-corrected chi connectivity index (χ0v) is 12.2. The van der Waals surface area contributed by atoms with Crippen molar-refractivity contribution >= 4 is 23.2 Å². The first-order valence-electron chi connectivity index (χ1n) is 5.77. The van der Waals surface area contributed by atoms with Crippen molar-refractivity contribution in [3.63, 3.8) is 0 Å². The summed E-state index contributed by atoms with van der Waals surface area (Å²) in [5.41, 5.74) is 1.72. The van der Waals surface area contributed by atoms with Crippen LogP contribution in [0.3, 0.4) is 0 Å². The van der Waals surface area contributed by atoms with Gasteiger partial charge in [0.15, 0.2) is 0 Å². The van der Waals surface area contributed by atoms with E-state index >= 15 is 0 Å². The van der Waals surface area contributed by atoms with Crippen molar-refractivity contribution in [2.75, 3.05) is 14.2 Å². The minimum Gasteiger partial charge on any atom is -0.497 e. The molecular formula is C15H14Cl2O2. The molecule has 0 bridgehead atoms. The van der Waals surface area contributed by atoms with Crippen LogP contribution in [0.1, 0.15) is 16.5 Å². The van der Waals surface area contributed by atoms with Gasteiger partial charge in [-0.3, -0.25) is 0 Å². The highest BCUT2D eigenvalue weighted by molar-refractivity contribution is 6.33. The monoisotopic (exact) mass is 296 g/mol. The zero-order valence-electron chi connectivity index (χ0n) is 10.7. The Bertz CT molecular complexity index is 570. The summed E-state index contributed by atoms with van der Waals surface area (Å²) >= 11 is 12.7. The molecule has 2 aromatic carbocycles. The zero-order chi connectivity index (χ0) is 13.8. The molecule has 100 valence electrons. The Morgan fingerprint density at radius 3 is 2.32 bits per heavy atom. The molecule has 0 N–H and O–H groups in total. The summed E-state index contributed by atoms with van der Waals surface area (Å²) in [7, 11) is 3.22. The third-order valence-electron chi connectivity index (χ3n) is 2.89. The van der Waals surface area contributed by atoms with Gasteiger partial charge in [0.2, 0.25) is 0 Å². The van der Waals surface area contributed by atoms with Crippen molar-refractivity contribution in [2.24, 2.45) is 0 Å². The van der Waals surface area contributed by atoms with Gasteiger partial charge in [-0.05, 0) is 23.8 Å². The Morgan fingerprint density at radius 2 is 1.68 bits per heavy atom. The molecule has 0 aliphatic rings. The molecule has 0 radical (unpaired) electrons. The third kappa shape index (κ3) is 2.96. The minimum atomic E-state index is -0.366. The average molecular weight is 297 g/mol. The molecule has 0 spiro atoms. The van der Waals surface area contributed by atoms with Gasteiger partial charge in [-0.2, -0.15) is 0 Å². The van der Waals surface area contributed by atoms with Crippen LogP contribution < -0.4 is 9.47 Å². The first-order valence-corrected chi connectivity index (χ1v) is 6.59. The number of halogens is 2. The fourth-order valence-electron chi connectivity index (χ4n) is 1.88. The molecule has 0 saturated heterocycles. The molecule has 19 heavy (non-hydrogen) atoms. The van der Waals surface area contributed by atoms with Gasteiger partial charge in [-0.25, -0.2) is 0 Å². The standard InChI is InChI=1S/C15H14Cl2O2/c1-18-10-7-8-12(14(9-10)19-2)15(17)11-5-3-4-6-13(11)16/h3-9,15H,1-2H3. The van der Waals surface area contributed by atoms with E-state index < -0.39 is 0 Å². The van der Waals surface area contributed by atoms with Crippen molar-refractivity contribution in [1.29, 1.82) is 0 Å². The molecule has 0 fully saturated rings. The van der Waals surface area contributed by atoms with Crippen LogP contribution in [0.2, 0.25) is 5.02 Å². The molecular weight excluding hydrogens is 283 g/mol. The number of hydrogen-bond acceptors (Lipinski definition) is 2. The van der Waals surface area contributed by atoms with Gasteiger partial charge in [-0.15, -0.1) is 11.6 Å². The molecule has 0 aliphatic heterocycles. The SMILES string of the molecule is COc1ccc(C(Cl)c2ccccc2Cl)c(OC)c1. The van der Waals surface area contributed by atoms with Crippen molar-refractivity contribution in [2.45, 2.75) is 5.38 Å². The summed E-state index contributed by atoms with van der Waals surface area (Å²) in [4.78, 5) is 0. The molecule has 0 saturated carbocycles. The first-order chi connectivity index (χ1) is 9.17. The fourth-order valence-corrected chi connectivity index (χ4v) is 2.55.